The molecule has 3 aliphatic rings. The van der Waals surface area contributed by atoms with Crippen LogP contribution < -0.4 is 9.62 Å². The fourth-order valence-electron chi connectivity index (χ4n) is 7.88. The summed E-state index contributed by atoms with van der Waals surface area (Å²) in [4.78, 5) is 13.7. The van der Waals surface area contributed by atoms with Crippen molar-refractivity contribution in [3.05, 3.63) is 53.6 Å². The topological polar surface area (TPSA) is 124 Å². The highest BCUT2D eigenvalue weighted by Gasteiger charge is 2.32. The number of nitrogens with one attached hydrogen (secondary N) is 1. The van der Waals surface area contributed by atoms with Gasteiger partial charge in [-0.15, -0.1) is 11.3 Å². The van der Waals surface area contributed by atoms with Crippen LogP contribution in [0.15, 0.2) is 57.6 Å². The molecule has 0 radical (unpaired) electrons. The Morgan fingerprint density at radius 2 is 1.53 bits per heavy atom. The van der Waals surface area contributed by atoms with Gasteiger partial charge >= 0.3 is 5.97 Å². The first-order valence-corrected chi connectivity index (χ1v) is 21.9. The van der Waals surface area contributed by atoms with E-state index in [0.29, 0.717) is 59.8 Å². The van der Waals surface area contributed by atoms with Gasteiger partial charge in [0.1, 0.15) is 4.21 Å². The predicted molar refractivity (Wildman–Crippen MR) is 196 cm³/mol. The van der Waals surface area contributed by atoms with Crippen LogP contribution >= 0.6 is 22.9 Å². The molecule has 0 spiro atoms. The lowest BCUT2D eigenvalue weighted by Crippen LogP contribution is -2.40. The minimum absolute atomic E-state index is 0.108. The molecule has 3 fully saturated rings. The first kappa shape index (κ1) is 36.6. The van der Waals surface area contributed by atoms with E-state index in [2.05, 4.69) is 9.62 Å². The summed E-state index contributed by atoms with van der Waals surface area (Å²) in [6, 6.07) is 14.2. The van der Waals surface area contributed by atoms with E-state index < -0.39 is 31.9 Å². The fraction of sp³-hybridized carbons (Fsp3) is 0.583. The van der Waals surface area contributed by atoms with Crippen molar-refractivity contribution in [2.45, 2.75) is 98.6 Å². The number of halogens is 1. The van der Waals surface area contributed by atoms with Crippen molar-refractivity contribution < 1.29 is 26.7 Å². The number of carboxylic acid groups (broad SMARTS) is 1. The lowest BCUT2D eigenvalue weighted by atomic mass is 9.86. The number of fused-ring (bicyclic) bond motifs is 1. The molecule has 3 heterocycles. The zero-order chi connectivity index (χ0) is 34.6. The van der Waals surface area contributed by atoms with Crippen LogP contribution in [0.3, 0.4) is 0 Å². The van der Waals surface area contributed by atoms with Gasteiger partial charge in [0, 0.05) is 36.9 Å². The van der Waals surface area contributed by atoms with Crippen molar-refractivity contribution in [3.63, 3.8) is 0 Å². The van der Waals surface area contributed by atoms with Gasteiger partial charge in [-0.1, -0.05) is 68.3 Å². The number of sulfonamides is 2. The third-order valence-corrected chi connectivity index (χ3v) is 16.1. The highest BCUT2D eigenvalue weighted by Crippen LogP contribution is 2.35. The first-order chi connectivity index (χ1) is 23.5. The maximum absolute atomic E-state index is 13.3. The van der Waals surface area contributed by atoms with Gasteiger partial charge < -0.3 is 10.0 Å². The maximum Gasteiger partial charge on any atom is 0.306 e. The largest absolute Gasteiger partial charge is 0.481 e. The second-order valence-corrected chi connectivity index (χ2v) is 19.5. The van der Waals surface area contributed by atoms with Gasteiger partial charge in [0.25, 0.3) is 10.0 Å². The Labute approximate surface area is 300 Å². The number of nitrogens with zero attached hydrogens (tertiary/aromatic N) is 2. The van der Waals surface area contributed by atoms with E-state index in [1.807, 2.05) is 30.3 Å². The van der Waals surface area contributed by atoms with Crippen LogP contribution in [-0.4, -0.2) is 64.4 Å². The quantitative estimate of drug-likeness (QED) is 0.171. The van der Waals surface area contributed by atoms with E-state index in [-0.39, 0.29) is 10.9 Å². The Balaban J connectivity index is 0.880. The summed E-state index contributed by atoms with van der Waals surface area (Å²) < 4.78 is 58.5. The molecule has 2 unspecified atom stereocenters. The van der Waals surface area contributed by atoms with Gasteiger partial charge in [-0.05, 0) is 92.5 Å². The number of carbonyl (C=O) groups is 1. The fourth-order valence-corrected chi connectivity index (χ4v) is 12.6. The Bertz CT molecular complexity index is 1780. The molecule has 2 saturated heterocycles. The molecule has 0 amide bonds. The summed E-state index contributed by atoms with van der Waals surface area (Å²) in [5.41, 5.74) is 0.852. The second kappa shape index (κ2) is 16.0. The molecular formula is C36H48ClN3O6S3. The number of hydrogen-bond acceptors (Lipinski definition) is 7. The molecule has 3 aromatic rings. The SMILES string of the molecule is O=C(O)C1CCCC(NS(=O)(=O)c2ccc(N3CCC(CCCCCC4CCN(S(=O)(=O)c5cc6ccccc6s5)CC4)CC3)c(Cl)c2)C1. The summed E-state index contributed by atoms with van der Waals surface area (Å²) in [7, 11) is -7.24. The van der Waals surface area contributed by atoms with Crippen molar-refractivity contribution in [3.8, 4) is 0 Å². The molecule has 2 N–H and O–H groups in total. The molecule has 1 saturated carbocycles. The van der Waals surface area contributed by atoms with Gasteiger partial charge in [-0.25, -0.2) is 21.6 Å². The van der Waals surface area contributed by atoms with Gasteiger partial charge in [0.05, 0.1) is 21.5 Å². The highest BCUT2D eigenvalue weighted by molar-refractivity contribution is 7.91. The van der Waals surface area contributed by atoms with Crippen LogP contribution in [0.4, 0.5) is 5.69 Å². The van der Waals surface area contributed by atoms with E-state index in [9.17, 15) is 26.7 Å². The summed E-state index contributed by atoms with van der Waals surface area (Å²) in [6.07, 6.45) is 12.2. The van der Waals surface area contributed by atoms with Crippen LogP contribution in [0.5, 0.6) is 0 Å². The third kappa shape index (κ3) is 8.99. The van der Waals surface area contributed by atoms with Crippen molar-refractivity contribution >= 4 is 64.7 Å². The standard InChI is InChI=1S/C36H48ClN3O6S3/c37-32-25-31(48(43,44)38-30-11-6-10-29(23-30)36(41)42)13-14-33(32)39-19-15-26(16-20-39)7-2-1-3-8-27-17-21-40(22-18-27)49(45,46)35-24-28-9-4-5-12-34(28)47-35/h4-5,9,12-14,24-27,29-30,38H,1-3,6-8,10-11,15-23H2,(H,41,42). The van der Waals surface area contributed by atoms with Gasteiger partial charge in [-0.3, -0.25) is 4.79 Å². The average Bonchev–Trinajstić information content (AvgIpc) is 3.54. The minimum Gasteiger partial charge on any atom is -0.481 e. The minimum atomic E-state index is -3.81. The van der Waals surface area contributed by atoms with E-state index in [4.69, 9.17) is 11.6 Å². The Morgan fingerprint density at radius 3 is 2.18 bits per heavy atom. The molecule has 2 atom stereocenters. The molecule has 2 aliphatic heterocycles. The average molecular weight is 750 g/mol. The van der Waals surface area contributed by atoms with Crippen LogP contribution in [0.25, 0.3) is 10.1 Å². The number of rotatable bonds is 13. The molecule has 13 heteroatoms. The summed E-state index contributed by atoms with van der Waals surface area (Å²) in [5.74, 6) is -0.121. The highest BCUT2D eigenvalue weighted by atomic mass is 35.5. The normalized spacial score (nSPS) is 22.1. The lowest BCUT2D eigenvalue weighted by Gasteiger charge is -2.34. The molecular weight excluding hydrogens is 702 g/mol. The zero-order valence-electron chi connectivity index (χ0n) is 27.9. The first-order valence-electron chi connectivity index (χ1n) is 17.8. The van der Waals surface area contributed by atoms with Crippen LogP contribution in [0, 0.1) is 17.8 Å². The number of hydrogen-bond donors (Lipinski definition) is 2. The van der Waals surface area contributed by atoms with E-state index in [0.717, 1.165) is 54.5 Å². The molecule has 9 nitrogen and oxygen atoms in total. The number of anilines is 1. The number of benzene rings is 2. The number of aliphatic carboxylic acids is 1. The van der Waals surface area contributed by atoms with E-state index >= 15 is 0 Å². The smallest absolute Gasteiger partial charge is 0.306 e. The summed E-state index contributed by atoms with van der Waals surface area (Å²) >= 11 is 7.99. The van der Waals surface area contributed by atoms with Crippen molar-refractivity contribution in [2.75, 3.05) is 31.1 Å². The molecule has 268 valence electrons. The van der Waals surface area contributed by atoms with E-state index in [1.54, 1.807) is 16.4 Å². The molecule has 6 rings (SSSR count). The predicted octanol–water partition coefficient (Wildman–Crippen LogP) is 7.74. The van der Waals surface area contributed by atoms with E-state index in [1.165, 1.54) is 49.5 Å². The Kier molecular flexibility index (Phi) is 11.9. The zero-order valence-corrected chi connectivity index (χ0v) is 31.1. The molecule has 1 aliphatic carbocycles. The van der Waals surface area contributed by atoms with Crippen molar-refractivity contribution in [1.29, 1.82) is 0 Å². The third-order valence-electron chi connectivity index (χ3n) is 10.8. The number of carboxylic acids is 1. The lowest BCUT2D eigenvalue weighted by molar-refractivity contribution is -0.143. The number of thiophene rings is 1. The number of piperidine rings is 2. The van der Waals surface area contributed by atoms with Gasteiger partial charge in [0.2, 0.25) is 10.0 Å². The van der Waals surface area contributed by atoms with Crippen molar-refractivity contribution in [2.24, 2.45) is 17.8 Å². The Morgan fingerprint density at radius 1 is 0.857 bits per heavy atom. The van der Waals surface area contributed by atoms with Gasteiger partial charge in [0.15, 0.2) is 0 Å². The monoisotopic (exact) mass is 749 g/mol. The summed E-state index contributed by atoms with van der Waals surface area (Å²) in [6.45, 7) is 2.98. The molecule has 0 bridgehead atoms. The van der Waals surface area contributed by atoms with Gasteiger partial charge in [-0.2, -0.15) is 4.31 Å². The maximum atomic E-state index is 13.3. The molecule has 1 aromatic heterocycles. The van der Waals surface area contributed by atoms with Crippen LogP contribution in [-0.2, 0) is 24.8 Å². The van der Waals surface area contributed by atoms with Crippen molar-refractivity contribution in [1.82, 2.24) is 9.03 Å². The second-order valence-electron chi connectivity index (χ2n) is 14.2. The van der Waals surface area contributed by atoms with Crippen LogP contribution in [0.1, 0.15) is 83.5 Å². The number of unbranched alkanes of at least 4 members (excludes halogenated alkanes) is 2. The molecule has 2 aromatic carbocycles. The Hall–Kier alpha value is -2.22. The summed E-state index contributed by atoms with van der Waals surface area (Å²) in [5, 5.41) is 10.7. The van der Waals surface area contributed by atoms with Crippen LogP contribution in [0.2, 0.25) is 5.02 Å². The molecule has 49 heavy (non-hydrogen) atoms.